The first-order valence-corrected chi connectivity index (χ1v) is 6.74. The highest BCUT2D eigenvalue weighted by molar-refractivity contribution is 9.10. The number of ether oxygens (including phenoxy) is 1. The van der Waals surface area contributed by atoms with Gasteiger partial charge in [-0.2, -0.15) is 0 Å². The molecule has 0 aromatic heterocycles. The third kappa shape index (κ3) is 4.33. The molecule has 0 aliphatic heterocycles. The van der Waals surface area contributed by atoms with E-state index in [-0.39, 0.29) is 0 Å². The molecule has 18 heavy (non-hydrogen) atoms. The summed E-state index contributed by atoms with van der Waals surface area (Å²) in [5.41, 5.74) is 0.442. The minimum absolute atomic E-state index is 0.539. The SMILES string of the molecule is Cc1cc(OCCCC(C)(C)C(=O)O)ccc1Br. The highest BCUT2D eigenvalue weighted by atomic mass is 79.9. The third-order valence-corrected chi connectivity index (χ3v) is 3.81. The first-order valence-electron chi connectivity index (χ1n) is 5.95. The Morgan fingerprint density at radius 1 is 1.44 bits per heavy atom. The molecule has 3 nitrogen and oxygen atoms in total. The number of hydrogen-bond acceptors (Lipinski definition) is 2. The smallest absolute Gasteiger partial charge is 0.309 e. The summed E-state index contributed by atoms with van der Waals surface area (Å²) < 4.78 is 6.66. The van der Waals surface area contributed by atoms with Crippen LogP contribution < -0.4 is 4.74 Å². The predicted octanol–water partition coefficient (Wildman–Crippen LogP) is 4.03. The topological polar surface area (TPSA) is 46.5 Å². The number of carboxylic acid groups (broad SMARTS) is 1. The molecule has 1 aromatic rings. The molecule has 0 heterocycles. The zero-order valence-corrected chi connectivity index (χ0v) is 12.6. The summed E-state index contributed by atoms with van der Waals surface area (Å²) in [6, 6.07) is 5.82. The number of hydrogen-bond donors (Lipinski definition) is 1. The van der Waals surface area contributed by atoms with Crippen LogP contribution in [0.1, 0.15) is 32.3 Å². The van der Waals surface area contributed by atoms with Gasteiger partial charge in [-0.1, -0.05) is 15.9 Å². The summed E-state index contributed by atoms with van der Waals surface area (Å²) >= 11 is 3.43. The van der Waals surface area contributed by atoms with Crippen LogP contribution in [0.5, 0.6) is 5.75 Å². The van der Waals surface area contributed by atoms with Crippen molar-refractivity contribution >= 4 is 21.9 Å². The summed E-state index contributed by atoms with van der Waals surface area (Å²) in [4.78, 5) is 10.9. The third-order valence-electron chi connectivity index (χ3n) is 2.92. The van der Waals surface area contributed by atoms with E-state index in [1.165, 1.54) is 0 Å². The summed E-state index contributed by atoms with van der Waals surface area (Å²) in [7, 11) is 0. The summed E-state index contributed by atoms with van der Waals surface area (Å²) in [6.07, 6.45) is 1.34. The average molecular weight is 315 g/mol. The van der Waals surface area contributed by atoms with Crippen LogP contribution in [-0.4, -0.2) is 17.7 Å². The number of benzene rings is 1. The quantitative estimate of drug-likeness (QED) is 0.806. The molecule has 0 fully saturated rings. The maximum absolute atomic E-state index is 10.9. The van der Waals surface area contributed by atoms with Crippen LogP contribution in [0.15, 0.2) is 22.7 Å². The fourth-order valence-electron chi connectivity index (χ4n) is 1.52. The zero-order valence-electron chi connectivity index (χ0n) is 11.0. The van der Waals surface area contributed by atoms with Gasteiger partial charge in [0.05, 0.1) is 12.0 Å². The Labute approximate surface area is 116 Å². The minimum Gasteiger partial charge on any atom is -0.494 e. The molecule has 0 atom stereocenters. The van der Waals surface area contributed by atoms with Crippen LogP contribution in [0, 0.1) is 12.3 Å². The van der Waals surface area contributed by atoms with Gasteiger partial charge in [0.25, 0.3) is 0 Å². The van der Waals surface area contributed by atoms with Gasteiger partial charge in [-0.05, 0) is 57.4 Å². The Balaban J connectivity index is 2.38. The first kappa shape index (κ1) is 15.0. The monoisotopic (exact) mass is 314 g/mol. The highest BCUT2D eigenvalue weighted by Crippen LogP contribution is 2.24. The normalized spacial score (nSPS) is 11.3. The number of halogens is 1. The number of carbonyl (C=O) groups is 1. The molecule has 0 unspecified atom stereocenters. The number of carboxylic acids is 1. The lowest BCUT2D eigenvalue weighted by Gasteiger charge is -2.18. The second kappa shape index (κ2) is 6.23. The lowest BCUT2D eigenvalue weighted by atomic mass is 9.88. The molecule has 0 bridgehead atoms. The van der Waals surface area contributed by atoms with Gasteiger partial charge in [0, 0.05) is 4.47 Å². The average Bonchev–Trinajstić information content (AvgIpc) is 2.29. The van der Waals surface area contributed by atoms with Gasteiger partial charge in [0.15, 0.2) is 0 Å². The maximum atomic E-state index is 10.9. The van der Waals surface area contributed by atoms with Gasteiger partial charge in [-0.15, -0.1) is 0 Å². The van der Waals surface area contributed by atoms with E-state index in [9.17, 15) is 4.79 Å². The van der Waals surface area contributed by atoms with Crippen molar-refractivity contribution < 1.29 is 14.6 Å². The van der Waals surface area contributed by atoms with Crippen LogP contribution in [0.4, 0.5) is 0 Å². The molecule has 1 N–H and O–H groups in total. The van der Waals surface area contributed by atoms with Gasteiger partial charge in [-0.3, -0.25) is 4.79 Å². The van der Waals surface area contributed by atoms with Crippen molar-refractivity contribution in [2.75, 3.05) is 6.61 Å². The van der Waals surface area contributed by atoms with Crippen LogP contribution in [0.3, 0.4) is 0 Å². The second-order valence-electron chi connectivity index (χ2n) is 5.05. The first-order chi connectivity index (χ1) is 8.33. The van der Waals surface area contributed by atoms with Crippen molar-refractivity contribution in [1.82, 2.24) is 0 Å². The van der Waals surface area contributed by atoms with E-state index in [0.29, 0.717) is 13.0 Å². The lowest BCUT2D eigenvalue weighted by Crippen LogP contribution is -2.24. The molecule has 0 aliphatic rings. The highest BCUT2D eigenvalue weighted by Gasteiger charge is 2.26. The van der Waals surface area contributed by atoms with E-state index >= 15 is 0 Å². The fraction of sp³-hybridized carbons (Fsp3) is 0.500. The Morgan fingerprint density at radius 3 is 2.67 bits per heavy atom. The molecular formula is C14H19BrO3. The van der Waals surface area contributed by atoms with E-state index in [4.69, 9.17) is 9.84 Å². The minimum atomic E-state index is -0.762. The van der Waals surface area contributed by atoms with Gasteiger partial charge in [-0.25, -0.2) is 0 Å². The van der Waals surface area contributed by atoms with Gasteiger partial charge < -0.3 is 9.84 Å². The molecule has 0 saturated carbocycles. The summed E-state index contributed by atoms with van der Waals surface area (Å²) in [5, 5.41) is 8.98. The molecular weight excluding hydrogens is 296 g/mol. The van der Waals surface area contributed by atoms with E-state index in [1.807, 2.05) is 25.1 Å². The van der Waals surface area contributed by atoms with Crippen molar-refractivity contribution in [1.29, 1.82) is 0 Å². The largest absolute Gasteiger partial charge is 0.494 e. The Kier molecular flexibility index (Phi) is 5.20. The van der Waals surface area contributed by atoms with E-state index < -0.39 is 11.4 Å². The van der Waals surface area contributed by atoms with Crippen molar-refractivity contribution in [3.63, 3.8) is 0 Å². The molecule has 4 heteroatoms. The Morgan fingerprint density at radius 2 is 2.11 bits per heavy atom. The van der Waals surface area contributed by atoms with Crippen LogP contribution in [0.25, 0.3) is 0 Å². The van der Waals surface area contributed by atoms with E-state index in [1.54, 1.807) is 13.8 Å². The van der Waals surface area contributed by atoms with E-state index in [0.717, 1.165) is 22.2 Å². The predicted molar refractivity (Wildman–Crippen MR) is 75.0 cm³/mol. The zero-order chi connectivity index (χ0) is 13.8. The molecule has 1 aromatic carbocycles. The molecule has 0 spiro atoms. The molecule has 0 radical (unpaired) electrons. The molecule has 1 rings (SSSR count). The van der Waals surface area contributed by atoms with Crippen LogP contribution >= 0.6 is 15.9 Å². The van der Waals surface area contributed by atoms with Crippen molar-refractivity contribution in [2.24, 2.45) is 5.41 Å². The number of rotatable bonds is 6. The van der Waals surface area contributed by atoms with E-state index in [2.05, 4.69) is 15.9 Å². The molecule has 100 valence electrons. The van der Waals surface area contributed by atoms with Gasteiger partial charge in [0.1, 0.15) is 5.75 Å². The van der Waals surface area contributed by atoms with Crippen LogP contribution in [0.2, 0.25) is 0 Å². The fourth-order valence-corrected chi connectivity index (χ4v) is 1.76. The van der Waals surface area contributed by atoms with Crippen LogP contribution in [-0.2, 0) is 4.79 Å². The Hall–Kier alpha value is -1.03. The van der Waals surface area contributed by atoms with Crippen molar-refractivity contribution in [2.45, 2.75) is 33.6 Å². The van der Waals surface area contributed by atoms with Crippen molar-refractivity contribution in [3.8, 4) is 5.75 Å². The standard InChI is InChI=1S/C14H19BrO3/c1-10-9-11(5-6-12(10)15)18-8-4-7-14(2,3)13(16)17/h5-6,9H,4,7-8H2,1-3H3,(H,16,17). The van der Waals surface area contributed by atoms with Crippen molar-refractivity contribution in [3.05, 3.63) is 28.2 Å². The number of aliphatic carboxylic acids is 1. The molecule has 0 amide bonds. The Bertz CT molecular complexity index is 427. The number of aryl methyl sites for hydroxylation is 1. The van der Waals surface area contributed by atoms with Gasteiger partial charge in [0.2, 0.25) is 0 Å². The lowest BCUT2D eigenvalue weighted by molar-refractivity contribution is -0.147. The molecule has 0 aliphatic carbocycles. The van der Waals surface area contributed by atoms with Gasteiger partial charge >= 0.3 is 5.97 Å². The summed E-state index contributed by atoms with van der Waals surface area (Å²) in [5.74, 6) is 0.0609. The molecule has 0 saturated heterocycles. The maximum Gasteiger partial charge on any atom is 0.309 e. The second-order valence-corrected chi connectivity index (χ2v) is 5.91. The summed E-state index contributed by atoms with van der Waals surface area (Å²) in [6.45, 7) is 6.01.